The largest absolute Gasteiger partial charge is 0.472 e. The number of hydrogen-bond acceptors (Lipinski definition) is 15. The highest BCUT2D eigenvalue weighted by molar-refractivity contribution is 7.47. The van der Waals surface area contributed by atoms with Gasteiger partial charge >= 0.3 is 39.5 Å². The van der Waals surface area contributed by atoms with Crippen LogP contribution in [0.5, 0.6) is 0 Å². The number of ether oxygens (including phenoxy) is 4. The maximum absolute atomic E-state index is 13.0. The van der Waals surface area contributed by atoms with E-state index in [0.717, 1.165) is 127 Å². The summed E-state index contributed by atoms with van der Waals surface area (Å²) in [5.41, 5.74) is 0. The molecule has 0 aromatic heterocycles. The number of hydrogen-bond donors (Lipinski definition) is 3. The van der Waals surface area contributed by atoms with Crippen LogP contribution in [0.15, 0.2) is 24.3 Å². The van der Waals surface area contributed by atoms with Gasteiger partial charge in [0.15, 0.2) is 12.2 Å². The van der Waals surface area contributed by atoms with Gasteiger partial charge in [-0.25, -0.2) is 9.13 Å². The Kier molecular flexibility index (Phi) is 55.1. The van der Waals surface area contributed by atoms with Crippen LogP contribution in [0, 0.1) is 17.8 Å². The number of rotatable bonds is 62. The molecule has 0 spiro atoms. The minimum atomic E-state index is -4.96. The number of carbonyl (C=O) groups excluding carboxylic acids is 4. The molecule has 500 valence electrons. The predicted octanol–water partition coefficient (Wildman–Crippen LogP) is 17.8. The molecule has 19 heteroatoms. The molecule has 17 nitrogen and oxygen atoms in total. The molecule has 0 amide bonds. The fourth-order valence-corrected chi connectivity index (χ4v) is 10.8. The molecule has 0 aliphatic heterocycles. The van der Waals surface area contributed by atoms with Crippen LogP contribution in [0.3, 0.4) is 0 Å². The van der Waals surface area contributed by atoms with E-state index in [9.17, 15) is 43.2 Å². The van der Waals surface area contributed by atoms with E-state index in [2.05, 4.69) is 72.8 Å². The molecule has 0 aromatic carbocycles. The fraction of sp³-hybridized carbons (Fsp3) is 0.879. The first-order valence-electron chi connectivity index (χ1n) is 33.7. The average Bonchev–Trinajstić information content (AvgIpc) is 3.56. The molecule has 7 atom stereocenters. The van der Waals surface area contributed by atoms with Crippen molar-refractivity contribution in [3.63, 3.8) is 0 Å². The van der Waals surface area contributed by atoms with Gasteiger partial charge in [0.25, 0.3) is 0 Å². The van der Waals surface area contributed by atoms with Crippen LogP contribution >= 0.6 is 15.6 Å². The highest BCUT2D eigenvalue weighted by Gasteiger charge is 2.30. The predicted molar refractivity (Wildman–Crippen MR) is 340 cm³/mol. The second kappa shape index (κ2) is 56.8. The summed E-state index contributed by atoms with van der Waals surface area (Å²) in [6.07, 6.45) is 41.3. The van der Waals surface area contributed by atoms with Gasteiger partial charge in [-0.05, 0) is 69.1 Å². The van der Waals surface area contributed by atoms with E-state index in [1.807, 2.05) is 0 Å². The number of carbonyl (C=O) groups is 4. The van der Waals surface area contributed by atoms with Gasteiger partial charge in [0.1, 0.15) is 19.3 Å². The third kappa shape index (κ3) is 57.7. The lowest BCUT2D eigenvalue weighted by Gasteiger charge is -2.21. The van der Waals surface area contributed by atoms with Gasteiger partial charge in [-0.2, -0.15) is 0 Å². The van der Waals surface area contributed by atoms with Gasteiger partial charge in [0, 0.05) is 25.7 Å². The van der Waals surface area contributed by atoms with Gasteiger partial charge in [0.2, 0.25) is 0 Å². The first-order chi connectivity index (χ1) is 40.8. The van der Waals surface area contributed by atoms with Crippen LogP contribution in [0.2, 0.25) is 0 Å². The molecule has 0 aromatic rings. The van der Waals surface area contributed by atoms with Crippen LogP contribution < -0.4 is 0 Å². The first kappa shape index (κ1) is 82.5. The van der Waals surface area contributed by atoms with Gasteiger partial charge in [-0.3, -0.25) is 37.3 Å². The number of phosphoric acid groups is 2. The number of aliphatic hydroxyl groups excluding tert-OH is 1. The first-order valence-corrected chi connectivity index (χ1v) is 36.7. The van der Waals surface area contributed by atoms with Crippen LogP contribution in [-0.2, 0) is 65.4 Å². The van der Waals surface area contributed by atoms with Gasteiger partial charge in [-0.15, -0.1) is 0 Å². The molecule has 4 unspecified atom stereocenters. The maximum atomic E-state index is 13.0. The number of aliphatic hydroxyl groups is 1. The van der Waals surface area contributed by atoms with Crippen molar-refractivity contribution in [2.75, 3.05) is 39.6 Å². The summed E-state index contributed by atoms with van der Waals surface area (Å²) < 4.78 is 68.0. The molecule has 0 saturated carbocycles. The average molecular weight is 1250 g/mol. The van der Waals surface area contributed by atoms with Crippen molar-refractivity contribution in [3.8, 4) is 0 Å². The van der Waals surface area contributed by atoms with Crippen molar-refractivity contribution in [3.05, 3.63) is 24.3 Å². The number of phosphoric ester groups is 2. The molecule has 0 saturated heterocycles. The summed E-state index contributed by atoms with van der Waals surface area (Å²) in [4.78, 5) is 72.3. The fourth-order valence-electron chi connectivity index (χ4n) is 9.23. The molecular weight excluding hydrogens is 1130 g/mol. The summed E-state index contributed by atoms with van der Waals surface area (Å²) in [6.45, 7) is 11.6. The number of unbranched alkanes of at least 4 members (excludes halogenated alkanes) is 25. The van der Waals surface area contributed by atoms with Crippen molar-refractivity contribution in [1.29, 1.82) is 0 Å². The highest BCUT2D eigenvalue weighted by atomic mass is 31.2. The molecule has 0 radical (unpaired) electrons. The lowest BCUT2D eigenvalue weighted by Crippen LogP contribution is -2.30. The third-order valence-electron chi connectivity index (χ3n) is 15.2. The highest BCUT2D eigenvalue weighted by Crippen LogP contribution is 2.45. The minimum absolute atomic E-state index is 0.0833. The molecule has 0 aliphatic rings. The van der Waals surface area contributed by atoms with Crippen molar-refractivity contribution >= 4 is 39.5 Å². The molecule has 0 heterocycles. The monoisotopic (exact) mass is 1250 g/mol. The lowest BCUT2D eigenvalue weighted by atomic mass is 10.00. The summed E-state index contributed by atoms with van der Waals surface area (Å²) in [7, 11) is -9.91. The second-order valence-electron chi connectivity index (χ2n) is 24.1. The van der Waals surface area contributed by atoms with Gasteiger partial charge in [-0.1, -0.05) is 246 Å². The summed E-state index contributed by atoms with van der Waals surface area (Å²) in [5, 5.41) is 10.5. The van der Waals surface area contributed by atoms with Crippen LogP contribution in [-0.4, -0.2) is 96.7 Å². The molecule has 0 rings (SSSR count). The molecule has 0 aliphatic carbocycles. The summed E-state index contributed by atoms with van der Waals surface area (Å²) in [5.74, 6) is -0.0174. The molecule has 0 bridgehead atoms. The zero-order valence-corrected chi connectivity index (χ0v) is 56.3. The van der Waals surface area contributed by atoms with Gasteiger partial charge < -0.3 is 33.8 Å². The SMILES string of the molecule is CCCCCC/C=C\C=C/CCCCCCCC(=O)O[C@H](COC(=O)CCCCCCCCC(C)CC)COP(=O)(O)OC[C@H](O)COP(=O)(O)OC[C@@H](COC(=O)CCCCCCCCC(C)CC)OC(=O)CCCCCCCCCC(C)C. The Morgan fingerprint density at radius 3 is 1.05 bits per heavy atom. The van der Waals surface area contributed by atoms with E-state index >= 15 is 0 Å². The van der Waals surface area contributed by atoms with Crippen molar-refractivity contribution < 1.29 is 80.2 Å². The van der Waals surface area contributed by atoms with Gasteiger partial charge in [0.05, 0.1) is 26.4 Å². The Labute approximate surface area is 516 Å². The second-order valence-corrected chi connectivity index (χ2v) is 27.0. The molecular formula is C66H124O17P2. The zero-order valence-electron chi connectivity index (χ0n) is 54.5. The van der Waals surface area contributed by atoms with E-state index in [1.165, 1.54) is 83.5 Å². The van der Waals surface area contributed by atoms with Crippen LogP contribution in [0.4, 0.5) is 0 Å². The van der Waals surface area contributed by atoms with E-state index < -0.39 is 97.5 Å². The third-order valence-corrected chi connectivity index (χ3v) is 17.1. The Morgan fingerprint density at radius 2 is 0.694 bits per heavy atom. The zero-order chi connectivity index (χ0) is 63.1. The molecule has 0 fully saturated rings. The smallest absolute Gasteiger partial charge is 0.462 e. The quantitative estimate of drug-likeness (QED) is 0.0169. The topological polar surface area (TPSA) is 237 Å². The van der Waals surface area contributed by atoms with Crippen LogP contribution in [0.25, 0.3) is 0 Å². The maximum Gasteiger partial charge on any atom is 0.472 e. The number of esters is 4. The Hall–Kier alpha value is -2.46. The minimum Gasteiger partial charge on any atom is -0.462 e. The van der Waals surface area contributed by atoms with E-state index in [1.54, 1.807) is 0 Å². The summed E-state index contributed by atoms with van der Waals surface area (Å²) >= 11 is 0. The number of allylic oxidation sites excluding steroid dienone is 4. The van der Waals surface area contributed by atoms with E-state index in [4.69, 9.17) is 37.0 Å². The molecule has 3 N–H and O–H groups in total. The van der Waals surface area contributed by atoms with Crippen molar-refractivity contribution in [2.24, 2.45) is 17.8 Å². The van der Waals surface area contributed by atoms with Crippen LogP contribution in [0.1, 0.15) is 299 Å². The standard InChI is InChI=1S/C66H124O17P2/c1-8-11-12-13-14-15-16-17-18-19-20-21-24-35-42-49-65(70)82-61(53-76-63(68)47-40-33-28-26-31-38-45-58(6)9-2)55-80-84(72,73)78-51-60(67)52-79-85(74,75)81-56-62(83-66(71)50-43-36-25-22-23-30-37-44-57(4)5)54-77-64(69)48-41-34-29-27-32-39-46-59(7)10-3/h15-18,57-62,67H,8-14,19-56H2,1-7H3,(H,72,73)(H,74,75)/b16-15-,18-17-/t58?,59?,60-,61+,62+/m0/s1. The molecule has 85 heavy (non-hydrogen) atoms. The van der Waals surface area contributed by atoms with Crippen molar-refractivity contribution in [1.82, 2.24) is 0 Å². The summed E-state index contributed by atoms with van der Waals surface area (Å²) in [6, 6.07) is 0. The Bertz CT molecular complexity index is 1780. The Morgan fingerprint density at radius 1 is 0.388 bits per heavy atom. The van der Waals surface area contributed by atoms with E-state index in [0.29, 0.717) is 31.6 Å². The lowest BCUT2D eigenvalue weighted by molar-refractivity contribution is -0.161. The normalized spacial score (nSPS) is 15.1. The van der Waals surface area contributed by atoms with Crippen molar-refractivity contribution in [2.45, 2.75) is 317 Å². The Balaban J connectivity index is 5.29. The van der Waals surface area contributed by atoms with E-state index in [-0.39, 0.29) is 25.7 Å².